The summed E-state index contributed by atoms with van der Waals surface area (Å²) < 4.78 is 0. The molecular weight excluding hydrogens is 352 g/mol. The lowest BCUT2D eigenvalue weighted by Gasteiger charge is -2.20. The fourth-order valence-electron chi connectivity index (χ4n) is 3.49. The van der Waals surface area contributed by atoms with Crippen molar-refractivity contribution < 1.29 is 10.1 Å². The summed E-state index contributed by atoms with van der Waals surface area (Å²) in [6.07, 6.45) is 0. The molecule has 140 valence electrons. The standard InChI is InChI=1S/C23H26N2OS/c1-15-13-16(2)21(17(3)14-15)25-23(26)18(4)24-22(20-11-8-12-27-20)19-9-6-5-7-10-19/h5-14,18,22,24H,1-4H3,(H,25,26)/p+1/t18-,22-/m0/s1. The van der Waals surface area contributed by atoms with Crippen LogP contribution < -0.4 is 10.6 Å². The number of thiophene rings is 1. The molecule has 0 spiro atoms. The molecule has 3 rings (SSSR count). The van der Waals surface area contributed by atoms with Crippen LogP contribution in [0.4, 0.5) is 5.69 Å². The number of amides is 1. The molecule has 0 saturated heterocycles. The smallest absolute Gasteiger partial charge is 0.282 e. The average molecular weight is 380 g/mol. The van der Waals surface area contributed by atoms with Crippen molar-refractivity contribution in [1.29, 1.82) is 0 Å². The summed E-state index contributed by atoms with van der Waals surface area (Å²) in [6.45, 7) is 8.13. The minimum Gasteiger partial charge on any atom is -0.326 e. The number of anilines is 1. The van der Waals surface area contributed by atoms with Gasteiger partial charge in [-0.15, -0.1) is 11.3 Å². The lowest BCUT2D eigenvalue weighted by Crippen LogP contribution is -2.92. The fraction of sp³-hybridized carbons (Fsp3) is 0.261. The minimum atomic E-state index is -0.211. The summed E-state index contributed by atoms with van der Waals surface area (Å²) in [4.78, 5) is 14.2. The van der Waals surface area contributed by atoms with E-state index in [0.717, 1.165) is 16.8 Å². The Morgan fingerprint density at radius 2 is 1.67 bits per heavy atom. The Kier molecular flexibility index (Phi) is 6.09. The Hall–Kier alpha value is -2.43. The van der Waals surface area contributed by atoms with E-state index in [1.165, 1.54) is 16.0 Å². The highest BCUT2D eigenvalue weighted by Gasteiger charge is 2.26. The van der Waals surface area contributed by atoms with E-state index in [-0.39, 0.29) is 18.0 Å². The number of hydrogen-bond acceptors (Lipinski definition) is 2. The molecule has 3 aromatic rings. The molecule has 1 aromatic heterocycles. The second kappa shape index (κ2) is 8.51. The summed E-state index contributed by atoms with van der Waals surface area (Å²) in [5.41, 5.74) is 5.56. The predicted molar refractivity (Wildman–Crippen MR) is 113 cm³/mol. The van der Waals surface area contributed by atoms with Gasteiger partial charge >= 0.3 is 0 Å². The SMILES string of the molecule is Cc1cc(C)c(NC(=O)[C@H](C)[NH2+][C@@H](c2ccccc2)c2cccs2)c(C)c1. The first-order valence-electron chi connectivity index (χ1n) is 9.27. The lowest BCUT2D eigenvalue weighted by atomic mass is 10.0. The van der Waals surface area contributed by atoms with Gasteiger partial charge in [-0.3, -0.25) is 4.79 Å². The van der Waals surface area contributed by atoms with Gasteiger partial charge in [0.25, 0.3) is 5.91 Å². The average Bonchev–Trinajstić information content (AvgIpc) is 3.17. The number of carbonyl (C=O) groups is 1. The van der Waals surface area contributed by atoms with E-state index in [4.69, 9.17) is 0 Å². The van der Waals surface area contributed by atoms with Gasteiger partial charge in [0.15, 0.2) is 6.04 Å². The summed E-state index contributed by atoms with van der Waals surface area (Å²) in [6, 6.07) is 18.7. The Morgan fingerprint density at radius 3 is 2.26 bits per heavy atom. The summed E-state index contributed by atoms with van der Waals surface area (Å²) in [5, 5.41) is 7.38. The molecular formula is C23H27N2OS+. The van der Waals surface area contributed by atoms with Crippen LogP contribution in [0, 0.1) is 20.8 Å². The molecule has 3 N–H and O–H groups in total. The first kappa shape index (κ1) is 19.3. The number of rotatable bonds is 6. The van der Waals surface area contributed by atoms with Gasteiger partial charge in [0.1, 0.15) is 6.04 Å². The number of benzene rings is 2. The maximum absolute atomic E-state index is 12.9. The van der Waals surface area contributed by atoms with Gasteiger partial charge in [-0.2, -0.15) is 0 Å². The molecule has 3 nitrogen and oxygen atoms in total. The number of quaternary nitrogens is 1. The van der Waals surface area contributed by atoms with Gasteiger partial charge in [-0.05, 0) is 50.3 Å². The van der Waals surface area contributed by atoms with E-state index in [9.17, 15) is 4.79 Å². The van der Waals surface area contributed by atoms with Crippen molar-refractivity contribution in [2.45, 2.75) is 39.8 Å². The highest BCUT2D eigenvalue weighted by atomic mass is 32.1. The van der Waals surface area contributed by atoms with Crippen LogP contribution in [0.1, 0.15) is 40.1 Å². The second-order valence-corrected chi connectivity index (χ2v) is 8.13. The van der Waals surface area contributed by atoms with Gasteiger partial charge in [-0.25, -0.2) is 0 Å². The van der Waals surface area contributed by atoms with Crippen LogP contribution in [0.2, 0.25) is 0 Å². The molecule has 1 amide bonds. The van der Waals surface area contributed by atoms with Crippen molar-refractivity contribution >= 4 is 22.9 Å². The first-order chi connectivity index (χ1) is 13.0. The van der Waals surface area contributed by atoms with Crippen molar-refractivity contribution in [1.82, 2.24) is 0 Å². The third-order valence-corrected chi connectivity index (χ3v) is 5.78. The van der Waals surface area contributed by atoms with Crippen molar-refractivity contribution in [3.8, 4) is 0 Å². The van der Waals surface area contributed by atoms with E-state index < -0.39 is 0 Å². The molecule has 27 heavy (non-hydrogen) atoms. The molecule has 0 unspecified atom stereocenters. The molecule has 0 fully saturated rings. The molecule has 0 saturated carbocycles. The van der Waals surface area contributed by atoms with E-state index in [2.05, 4.69) is 59.3 Å². The monoisotopic (exact) mass is 379 g/mol. The molecule has 0 aliphatic carbocycles. The van der Waals surface area contributed by atoms with E-state index in [1.54, 1.807) is 11.3 Å². The zero-order valence-corrected chi connectivity index (χ0v) is 17.1. The van der Waals surface area contributed by atoms with Gasteiger partial charge < -0.3 is 10.6 Å². The lowest BCUT2D eigenvalue weighted by molar-refractivity contribution is -0.703. The van der Waals surface area contributed by atoms with Crippen molar-refractivity contribution in [3.05, 3.63) is 87.1 Å². The van der Waals surface area contributed by atoms with Crippen LogP contribution in [0.3, 0.4) is 0 Å². The zero-order valence-electron chi connectivity index (χ0n) is 16.3. The number of aryl methyl sites for hydroxylation is 3. The maximum Gasteiger partial charge on any atom is 0.282 e. The van der Waals surface area contributed by atoms with Crippen LogP contribution in [-0.2, 0) is 4.79 Å². The normalized spacial score (nSPS) is 13.2. The first-order valence-corrected chi connectivity index (χ1v) is 10.2. The molecule has 0 aliphatic rings. The predicted octanol–water partition coefficient (Wildman–Crippen LogP) is 4.35. The molecule has 0 radical (unpaired) electrons. The Morgan fingerprint density at radius 1 is 1.00 bits per heavy atom. The highest BCUT2D eigenvalue weighted by molar-refractivity contribution is 7.10. The molecule has 0 bridgehead atoms. The number of nitrogens with two attached hydrogens (primary N) is 1. The highest BCUT2D eigenvalue weighted by Crippen LogP contribution is 2.24. The van der Waals surface area contributed by atoms with Crippen LogP contribution in [-0.4, -0.2) is 11.9 Å². The molecule has 4 heteroatoms. The van der Waals surface area contributed by atoms with E-state index >= 15 is 0 Å². The molecule has 1 heterocycles. The third-order valence-electron chi connectivity index (χ3n) is 4.83. The third kappa shape index (κ3) is 4.65. The van der Waals surface area contributed by atoms with Crippen LogP contribution in [0.15, 0.2) is 60.0 Å². The molecule has 0 aliphatic heterocycles. The Balaban J connectivity index is 1.78. The molecule has 2 aromatic carbocycles. The van der Waals surface area contributed by atoms with Crippen molar-refractivity contribution in [2.75, 3.05) is 5.32 Å². The van der Waals surface area contributed by atoms with Crippen LogP contribution in [0.5, 0.6) is 0 Å². The number of hydrogen-bond donors (Lipinski definition) is 2. The van der Waals surface area contributed by atoms with Crippen molar-refractivity contribution in [2.24, 2.45) is 0 Å². The zero-order chi connectivity index (χ0) is 19.4. The number of carbonyl (C=O) groups excluding carboxylic acids is 1. The van der Waals surface area contributed by atoms with Crippen LogP contribution >= 0.6 is 11.3 Å². The van der Waals surface area contributed by atoms with Crippen LogP contribution in [0.25, 0.3) is 0 Å². The van der Waals surface area contributed by atoms with Gasteiger partial charge in [0.05, 0.1) is 4.88 Å². The minimum absolute atomic E-state index is 0.0301. The largest absolute Gasteiger partial charge is 0.326 e. The topological polar surface area (TPSA) is 45.7 Å². The summed E-state index contributed by atoms with van der Waals surface area (Å²) in [7, 11) is 0. The number of nitrogens with one attached hydrogen (secondary N) is 1. The Labute approximate surface area is 165 Å². The van der Waals surface area contributed by atoms with Gasteiger partial charge in [-0.1, -0.05) is 54.1 Å². The summed E-state index contributed by atoms with van der Waals surface area (Å²) in [5.74, 6) is 0.0301. The van der Waals surface area contributed by atoms with Gasteiger partial charge in [0.2, 0.25) is 0 Å². The van der Waals surface area contributed by atoms with E-state index in [0.29, 0.717) is 0 Å². The second-order valence-electron chi connectivity index (χ2n) is 7.15. The Bertz CT molecular complexity index is 880. The quantitative estimate of drug-likeness (QED) is 0.657. The maximum atomic E-state index is 12.9. The fourth-order valence-corrected chi connectivity index (χ4v) is 4.32. The molecule has 2 atom stereocenters. The summed E-state index contributed by atoms with van der Waals surface area (Å²) >= 11 is 1.73. The van der Waals surface area contributed by atoms with E-state index in [1.807, 2.05) is 39.0 Å². The van der Waals surface area contributed by atoms with Crippen molar-refractivity contribution in [3.63, 3.8) is 0 Å². The van der Waals surface area contributed by atoms with Gasteiger partial charge in [0, 0.05) is 11.3 Å².